The van der Waals surface area contributed by atoms with Crippen LogP contribution in [0.25, 0.3) is 0 Å². The Morgan fingerprint density at radius 1 is 1.26 bits per heavy atom. The molecule has 1 heterocycles. The summed E-state index contributed by atoms with van der Waals surface area (Å²) in [4.78, 5) is 16.8. The van der Waals surface area contributed by atoms with Crippen LogP contribution in [0.5, 0.6) is 5.75 Å². The Balaban J connectivity index is 2.03. The molecule has 1 aromatic carbocycles. The fourth-order valence-corrected chi connectivity index (χ4v) is 2.55. The van der Waals surface area contributed by atoms with Gasteiger partial charge in [-0.3, -0.25) is 9.69 Å². The molecule has 0 saturated carbocycles. The molecule has 0 radical (unpaired) electrons. The Kier molecular flexibility index (Phi) is 4.56. The van der Waals surface area contributed by atoms with E-state index in [1.165, 1.54) is 0 Å². The van der Waals surface area contributed by atoms with Crippen molar-refractivity contribution in [1.29, 1.82) is 0 Å². The van der Waals surface area contributed by atoms with Gasteiger partial charge in [0.1, 0.15) is 5.75 Å². The number of ketones is 1. The topological polar surface area (TPSA) is 43.8 Å². The lowest BCUT2D eigenvalue weighted by molar-refractivity contribution is -0.123. The number of Topliss-reactive ketones (excluding diaryl/α,β-unsaturated/α-hetero) is 1. The van der Waals surface area contributed by atoms with Gasteiger partial charge in [0.25, 0.3) is 0 Å². The van der Waals surface area contributed by atoms with Crippen molar-refractivity contribution >= 4 is 5.78 Å². The minimum Gasteiger partial charge on any atom is -0.508 e. The molecule has 0 bridgehead atoms. The molecular weight excluding hydrogens is 240 g/mol. The smallest absolute Gasteiger partial charge is 0.155 e. The van der Waals surface area contributed by atoms with Gasteiger partial charge in [-0.05, 0) is 51.3 Å². The lowest BCUT2D eigenvalue weighted by Gasteiger charge is -2.26. The second kappa shape index (κ2) is 6.17. The van der Waals surface area contributed by atoms with Gasteiger partial charge >= 0.3 is 0 Å². The van der Waals surface area contributed by atoms with Crippen molar-refractivity contribution in [1.82, 2.24) is 9.80 Å². The molecule has 0 spiro atoms. The van der Waals surface area contributed by atoms with E-state index in [0.717, 1.165) is 31.6 Å². The molecule has 0 amide bonds. The van der Waals surface area contributed by atoms with Crippen molar-refractivity contribution in [2.24, 2.45) is 0 Å². The summed E-state index contributed by atoms with van der Waals surface area (Å²) >= 11 is 0. The van der Waals surface area contributed by atoms with Crippen LogP contribution in [0.3, 0.4) is 0 Å². The third kappa shape index (κ3) is 3.78. The van der Waals surface area contributed by atoms with Gasteiger partial charge in [-0.15, -0.1) is 0 Å². The zero-order valence-electron chi connectivity index (χ0n) is 11.7. The van der Waals surface area contributed by atoms with Crippen LogP contribution in [-0.2, 0) is 11.2 Å². The predicted octanol–water partition coefficient (Wildman–Crippen LogP) is 1.14. The highest BCUT2D eigenvalue weighted by molar-refractivity contribution is 5.86. The molecule has 1 aromatic rings. The van der Waals surface area contributed by atoms with E-state index >= 15 is 0 Å². The summed E-state index contributed by atoms with van der Waals surface area (Å²) in [6.45, 7) is 2.82. The average Bonchev–Trinajstić information content (AvgIpc) is 2.54. The van der Waals surface area contributed by atoms with Crippen molar-refractivity contribution in [2.75, 3.05) is 33.7 Å². The number of rotatable bonds is 3. The normalized spacial score (nSPS) is 22.1. The molecule has 4 heteroatoms. The molecule has 1 saturated heterocycles. The van der Waals surface area contributed by atoms with Crippen LogP contribution in [0, 0.1) is 0 Å². The third-order valence-electron chi connectivity index (χ3n) is 3.75. The Labute approximate surface area is 114 Å². The maximum absolute atomic E-state index is 12.4. The molecule has 1 aliphatic rings. The van der Waals surface area contributed by atoms with Gasteiger partial charge in [0.2, 0.25) is 0 Å². The number of benzene rings is 1. The molecule has 0 aromatic heterocycles. The summed E-state index contributed by atoms with van der Waals surface area (Å²) in [5.74, 6) is 0.490. The Hall–Kier alpha value is -1.39. The summed E-state index contributed by atoms with van der Waals surface area (Å²) in [6, 6.07) is 6.86. The van der Waals surface area contributed by atoms with Crippen LogP contribution in [0.1, 0.15) is 12.0 Å². The number of likely N-dealkylation sites (N-methyl/N-ethyl adjacent to an activating group) is 2. The number of carbonyl (C=O) groups excluding carboxylic acids is 1. The Bertz CT molecular complexity index is 430. The largest absolute Gasteiger partial charge is 0.508 e. The fraction of sp³-hybridized carbons (Fsp3) is 0.533. The molecule has 104 valence electrons. The number of carbonyl (C=O) groups is 1. The summed E-state index contributed by atoms with van der Waals surface area (Å²) < 4.78 is 0. The van der Waals surface area contributed by atoms with E-state index in [0.29, 0.717) is 6.42 Å². The summed E-state index contributed by atoms with van der Waals surface area (Å²) in [5.41, 5.74) is 0.961. The summed E-state index contributed by atoms with van der Waals surface area (Å²) in [6.07, 6.45) is 1.54. The van der Waals surface area contributed by atoms with E-state index in [1.807, 2.05) is 19.2 Å². The van der Waals surface area contributed by atoms with Crippen LogP contribution in [0.15, 0.2) is 24.3 Å². The van der Waals surface area contributed by atoms with E-state index in [2.05, 4.69) is 16.8 Å². The van der Waals surface area contributed by atoms with Crippen LogP contribution in [0.2, 0.25) is 0 Å². The highest BCUT2D eigenvalue weighted by Gasteiger charge is 2.26. The van der Waals surface area contributed by atoms with E-state index in [-0.39, 0.29) is 17.6 Å². The van der Waals surface area contributed by atoms with Crippen molar-refractivity contribution in [2.45, 2.75) is 18.9 Å². The van der Waals surface area contributed by atoms with Crippen LogP contribution in [0.4, 0.5) is 0 Å². The molecule has 1 N–H and O–H groups in total. The van der Waals surface area contributed by atoms with Gasteiger partial charge in [-0.25, -0.2) is 0 Å². The SMILES string of the molecule is CN1CCCN(C)C(C(=O)Cc2ccc(O)cc2)C1. The van der Waals surface area contributed by atoms with Gasteiger partial charge in [0, 0.05) is 13.0 Å². The maximum atomic E-state index is 12.4. The number of aromatic hydroxyl groups is 1. The van der Waals surface area contributed by atoms with Gasteiger partial charge in [-0.2, -0.15) is 0 Å². The standard InChI is InChI=1S/C15H22N2O2/c1-16-8-3-9-17(2)14(11-16)15(19)10-12-4-6-13(18)7-5-12/h4-7,14,18H,3,8-11H2,1-2H3. The molecule has 1 atom stereocenters. The monoisotopic (exact) mass is 262 g/mol. The third-order valence-corrected chi connectivity index (χ3v) is 3.75. The first-order valence-electron chi connectivity index (χ1n) is 6.75. The Morgan fingerprint density at radius 3 is 2.63 bits per heavy atom. The first-order chi connectivity index (χ1) is 9.06. The molecule has 1 aliphatic heterocycles. The van der Waals surface area contributed by atoms with Gasteiger partial charge < -0.3 is 10.0 Å². The number of hydrogen-bond acceptors (Lipinski definition) is 4. The summed E-state index contributed by atoms with van der Waals surface area (Å²) in [5, 5.41) is 9.25. The van der Waals surface area contributed by atoms with E-state index in [1.54, 1.807) is 12.1 Å². The molecule has 1 unspecified atom stereocenters. The zero-order chi connectivity index (χ0) is 13.8. The number of phenolic OH excluding ortho intramolecular Hbond substituents is 1. The maximum Gasteiger partial charge on any atom is 0.155 e. The molecule has 19 heavy (non-hydrogen) atoms. The molecule has 4 nitrogen and oxygen atoms in total. The van der Waals surface area contributed by atoms with Crippen molar-refractivity contribution < 1.29 is 9.90 Å². The highest BCUT2D eigenvalue weighted by Crippen LogP contribution is 2.14. The zero-order valence-corrected chi connectivity index (χ0v) is 11.7. The van der Waals surface area contributed by atoms with Crippen molar-refractivity contribution in [3.8, 4) is 5.75 Å². The number of phenols is 1. The van der Waals surface area contributed by atoms with Gasteiger partial charge in [-0.1, -0.05) is 12.1 Å². The minimum absolute atomic E-state index is 0.0266. The minimum atomic E-state index is -0.0266. The number of nitrogens with zero attached hydrogens (tertiary/aromatic N) is 2. The lowest BCUT2D eigenvalue weighted by Crippen LogP contribution is -2.44. The average molecular weight is 262 g/mol. The van der Waals surface area contributed by atoms with Crippen LogP contribution >= 0.6 is 0 Å². The second-order valence-electron chi connectivity index (χ2n) is 5.42. The summed E-state index contributed by atoms with van der Waals surface area (Å²) in [7, 11) is 4.10. The van der Waals surface area contributed by atoms with E-state index in [4.69, 9.17) is 0 Å². The fourth-order valence-electron chi connectivity index (χ4n) is 2.55. The van der Waals surface area contributed by atoms with E-state index in [9.17, 15) is 9.90 Å². The van der Waals surface area contributed by atoms with Crippen molar-refractivity contribution in [3.63, 3.8) is 0 Å². The van der Waals surface area contributed by atoms with Gasteiger partial charge in [0.05, 0.1) is 6.04 Å². The molecule has 2 rings (SSSR count). The molecule has 0 aliphatic carbocycles. The molecule has 1 fully saturated rings. The van der Waals surface area contributed by atoms with E-state index < -0.39 is 0 Å². The first-order valence-corrected chi connectivity index (χ1v) is 6.75. The van der Waals surface area contributed by atoms with Crippen molar-refractivity contribution in [3.05, 3.63) is 29.8 Å². The van der Waals surface area contributed by atoms with Crippen LogP contribution in [-0.4, -0.2) is 60.5 Å². The quantitative estimate of drug-likeness (QED) is 0.887. The predicted molar refractivity (Wildman–Crippen MR) is 75.3 cm³/mol. The Morgan fingerprint density at radius 2 is 1.95 bits per heavy atom. The second-order valence-corrected chi connectivity index (χ2v) is 5.42. The first kappa shape index (κ1) is 14.0. The highest BCUT2D eigenvalue weighted by atomic mass is 16.3. The van der Waals surface area contributed by atoms with Crippen LogP contribution < -0.4 is 0 Å². The van der Waals surface area contributed by atoms with Gasteiger partial charge in [0.15, 0.2) is 5.78 Å². The number of hydrogen-bond donors (Lipinski definition) is 1. The molecular formula is C15H22N2O2. The lowest BCUT2D eigenvalue weighted by atomic mass is 10.0.